The molecule has 1 heterocycles. The fourth-order valence-electron chi connectivity index (χ4n) is 3.27. The molecule has 134 valence electrons. The molecule has 1 aliphatic heterocycles. The van der Waals surface area contributed by atoms with Crippen molar-refractivity contribution in [1.82, 2.24) is 4.72 Å². The Kier molecular flexibility index (Phi) is 5.37. The lowest BCUT2D eigenvalue weighted by Gasteiger charge is -2.27. The third-order valence-corrected chi connectivity index (χ3v) is 6.48. The molecule has 0 saturated carbocycles. The first kappa shape index (κ1) is 18.2. The Morgan fingerprint density at radius 2 is 2.00 bits per heavy atom. The number of nitrogens with zero attached hydrogens (tertiary/aromatic N) is 1. The van der Waals surface area contributed by atoms with E-state index in [0.717, 1.165) is 24.9 Å². The summed E-state index contributed by atoms with van der Waals surface area (Å²) >= 11 is 5.94. The lowest BCUT2D eigenvalue weighted by Crippen LogP contribution is -2.27. The second kappa shape index (κ2) is 7.36. The largest absolute Gasteiger partial charge is 0.374 e. The van der Waals surface area contributed by atoms with Crippen molar-refractivity contribution in [3.8, 4) is 0 Å². The van der Waals surface area contributed by atoms with Gasteiger partial charge in [0.25, 0.3) is 0 Å². The lowest BCUT2D eigenvalue weighted by molar-refractivity contribution is 0.581. The summed E-state index contributed by atoms with van der Waals surface area (Å²) in [5.41, 5.74) is 4.47. The minimum absolute atomic E-state index is 0.243. The first-order valence-electron chi connectivity index (χ1n) is 8.45. The fourth-order valence-corrected chi connectivity index (χ4v) is 4.80. The number of benzene rings is 2. The zero-order valence-electron chi connectivity index (χ0n) is 14.5. The van der Waals surface area contributed by atoms with Crippen molar-refractivity contribution in [3.05, 3.63) is 58.1 Å². The summed E-state index contributed by atoms with van der Waals surface area (Å²) in [5.74, 6) is 0. The Labute approximate surface area is 154 Å². The van der Waals surface area contributed by atoms with Crippen LogP contribution in [0.25, 0.3) is 0 Å². The van der Waals surface area contributed by atoms with E-state index in [1.165, 1.54) is 17.3 Å². The predicted octanol–water partition coefficient (Wildman–Crippen LogP) is 3.55. The minimum Gasteiger partial charge on any atom is -0.374 e. The SMILES string of the molecule is Cc1ccc(Cl)cc1S(=O)(=O)NCCc1ccc2c(c1)CCCN2C. The third kappa shape index (κ3) is 4.17. The molecule has 0 aromatic heterocycles. The summed E-state index contributed by atoms with van der Waals surface area (Å²) in [4.78, 5) is 2.51. The van der Waals surface area contributed by atoms with Crippen LogP contribution in [0, 0.1) is 6.92 Å². The molecule has 1 N–H and O–H groups in total. The van der Waals surface area contributed by atoms with E-state index < -0.39 is 10.0 Å². The van der Waals surface area contributed by atoms with Crippen LogP contribution in [0.2, 0.25) is 5.02 Å². The molecule has 6 heteroatoms. The molecule has 0 radical (unpaired) electrons. The summed E-state index contributed by atoms with van der Waals surface area (Å²) in [6.45, 7) is 3.22. The molecule has 0 saturated heterocycles. The normalized spacial score (nSPS) is 14.4. The van der Waals surface area contributed by atoms with Crippen LogP contribution < -0.4 is 9.62 Å². The van der Waals surface area contributed by atoms with Gasteiger partial charge in [0.2, 0.25) is 10.0 Å². The van der Waals surface area contributed by atoms with Crippen molar-refractivity contribution in [2.45, 2.75) is 31.1 Å². The maximum atomic E-state index is 12.5. The summed E-state index contributed by atoms with van der Waals surface area (Å²) in [6, 6.07) is 11.3. The molecule has 4 nitrogen and oxygen atoms in total. The van der Waals surface area contributed by atoms with Crippen molar-refractivity contribution < 1.29 is 8.42 Å². The number of nitrogens with one attached hydrogen (secondary N) is 1. The molecule has 0 fully saturated rings. The molecule has 0 spiro atoms. The van der Waals surface area contributed by atoms with Gasteiger partial charge in [0, 0.05) is 30.8 Å². The zero-order chi connectivity index (χ0) is 18.0. The van der Waals surface area contributed by atoms with Crippen LogP contribution in [0.5, 0.6) is 0 Å². The minimum atomic E-state index is -3.55. The van der Waals surface area contributed by atoms with E-state index in [0.29, 0.717) is 23.6 Å². The number of rotatable bonds is 5. The monoisotopic (exact) mass is 378 g/mol. The summed E-state index contributed by atoms with van der Waals surface area (Å²) in [7, 11) is -1.44. The Bertz CT molecular complexity index is 881. The standard InChI is InChI=1S/C19H23ClN2O2S/c1-14-5-7-17(20)13-19(14)25(23,24)21-10-9-15-6-8-18-16(12-15)4-3-11-22(18)2/h5-8,12-13,21H,3-4,9-11H2,1-2H3. The van der Waals surface area contributed by atoms with Gasteiger partial charge in [-0.05, 0) is 61.1 Å². The number of aryl methyl sites for hydroxylation is 2. The van der Waals surface area contributed by atoms with Crippen LogP contribution in [0.3, 0.4) is 0 Å². The van der Waals surface area contributed by atoms with Crippen molar-refractivity contribution in [2.24, 2.45) is 0 Å². The van der Waals surface area contributed by atoms with Gasteiger partial charge in [-0.2, -0.15) is 0 Å². The molecule has 0 unspecified atom stereocenters. The molecule has 2 aromatic carbocycles. The highest BCUT2D eigenvalue weighted by molar-refractivity contribution is 7.89. The molecular formula is C19H23ClN2O2S. The summed E-state index contributed by atoms with van der Waals surface area (Å²) in [5, 5.41) is 0.421. The van der Waals surface area contributed by atoms with Gasteiger partial charge >= 0.3 is 0 Å². The van der Waals surface area contributed by atoms with Crippen LogP contribution in [0.1, 0.15) is 23.1 Å². The first-order valence-corrected chi connectivity index (χ1v) is 10.3. The Morgan fingerprint density at radius 3 is 2.80 bits per heavy atom. The number of fused-ring (bicyclic) bond motifs is 1. The molecule has 3 rings (SSSR count). The van der Waals surface area contributed by atoms with Crippen LogP contribution >= 0.6 is 11.6 Å². The second-order valence-corrected chi connectivity index (χ2v) is 8.72. The predicted molar refractivity (Wildman–Crippen MR) is 103 cm³/mol. The quantitative estimate of drug-likeness (QED) is 0.865. The van der Waals surface area contributed by atoms with E-state index in [2.05, 4.69) is 34.9 Å². The number of sulfonamides is 1. The summed E-state index contributed by atoms with van der Waals surface area (Å²) < 4.78 is 27.7. The Morgan fingerprint density at radius 1 is 1.20 bits per heavy atom. The van der Waals surface area contributed by atoms with Gasteiger partial charge < -0.3 is 4.90 Å². The van der Waals surface area contributed by atoms with E-state index in [9.17, 15) is 8.42 Å². The van der Waals surface area contributed by atoms with Gasteiger partial charge in [0.1, 0.15) is 0 Å². The topological polar surface area (TPSA) is 49.4 Å². The Hall–Kier alpha value is -1.56. The van der Waals surface area contributed by atoms with Crippen LogP contribution in [-0.2, 0) is 22.9 Å². The molecular weight excluding hydrogens is 356 g/mol. The maximum absolute atomic E-state index is 12.5. The lowest BCUT2D eigenvalue weighted by atomic mass is 9.98. The van der Waals surface area contributed by atoms with E-state index in [-0.39, 0.29) is 4.90 Å². The van der Waals surface area contributed by atoms with E-state index in [1.54, 1.807) is 19.1 Å². The Balaban J connectivity index is 1.67. The molecule has 25 heavy (non-hydrogen) atoms. The molecule has 0 bridgehead atoms. The average molecular weight is 379 g/mol. The van der Waals surface area contributed by atoms with Crippen LogP contribution in [0.4, 0.5) is 5.69 Å². The average Bonchev–Trinajstić information content (AvgIpc) is 2.57. The van der Waals surface area contributed by atoms with Gasteiger partial charge in [0.05, 0.1) is 4.90 Å². The first-order chi connectivity index (χ1) is 11.9. The van der Waals surface area contributed by atoms with Gasteiger partial charge in [0.15, 0.2) is 0 Å². The van der Waals surface area contributed by atoms with Gasteiger partial charge in [-0.1, -0.05) is 29.8 Å². The van der Waals surface area contributed by atoms with Crippen molar-refractivity contribution >= 4 is 27.3 Å². The van der Waals surface area contributed by atoms with Gasteiger partial charge in [-0.15, -0.1) is 0 Å². The van der Waals surface area contributed by atoms with Crippen molar-refractivity contribution in [1.29, 1.82) is 0 Å². The van der Waals surface area contributed by atoms with E-state index >= 15 is 0 Å². The van der Waals surface area contributed by atoms with Crippen molar-refractivity contribution in [2.75, 3.05) is 25.0 Å². The highest BCUT2D eigenvalue weighted by atomic mass is 35.5. The summed E-state index contributed by atoms with van der Waals surface area (Å²) in [6.07, 6.45) is 2.91. The molecule has 0 aliphatic carbocycles. The highest BCUT2D eigenvalue weighted by Gasteiger charge is 2.17. The van der Waals surface area contributed by atoms with E-state index in [4.69, 9.17) is 11.6 Å². The number of hydrogen-bond acceptors (Lipinski definition) is 3. The number of halogens is 1. The molecule has 2 aromatic rings. The van der Waals surface area contributed by atoms with Crippen molar-refractivity contribution in [3.63, 3.8) is 0 Å². The number of hydrogen-bond donors (Lipinski definition) is 1. The van der Waals surface area contributed by atoms with E-state index in [1.807, 2.05) is 0 Å². The third-order valence-electron chi connectivity index (χ3n) is 4.64. The van der Waals surface area contributed by atoms with Gasteiger partial charge in [-0.3, -0.25) is 0 Å². The number of anilines is 1. The second-order valence-electron chi connectivity index (χ2n) is 6.55. The maximum Gasteiger partial charge on any atom is 0.240 e. The van der Waals surface area contributed by atoms with Crippen LogP contribution in [-0.4, -0.2) is 28.6 Å². The highest BCUT2D eigenvalue weighted by Crippen LogP contribution is 2.27. The molecule has 1 aliphatic rings. The fraction of sp³-hybridized carbons (Fsp3) is 0.368. The molecule has 0 atom stereocenters. The van der Waals surface area contributed by atoms with Gasteiger partial charge in [-0.25, -0.2) is 13.1 Å². The van der Waals surface area contributed by atoms with Crippen LogP contribution in [0.15, 0.2) is 41.3 Å². The smallest absolute Gasteiger partial charge is 0.240 e. The molecule has 0 amide bonds. The zero-order valence-corrected chi connectivity index (χ0v) is 16.1.